The minimum absolute atomic E-state index is 0.749. The Morgan fingerprint density at radius 2 is 1.53 bits per heavy atom. The van der Waals surface area contributed by atoms with Crippen LogP contribution in [0.1, 0.15) is 5.56 Å². The summed E-state index contributed by atoms with van der Waals surface area (Å²) in [6.45, 7) is 0. The summed E-state index contributed by atoms with van der Waals surface area (Å²) < 4.78 is 0. The molecule has 0 saturated heterocycles. The Kier molecular flexibility index (Phi) is 2.05. The molecule has 2 aromatic carbocycles. The molecule has 0 N–H and O–H groups in total. The number of benzene rings is 2. The first kappa shape index (κ1) is 10.1. The summed E-state index contributed by atoms with van der Waals surface area (Å²) in [6.07, 6.45) is 1.64. The van der Waals surface area contributed by atoms with Crippen molar-refractivity contribution >= 4 is 29.2 Å². The van der Waals surface area contributed by atoms with Crippen LogP contribution >= 0.6 is 0 Å². The summed E-state index contributed by atoms with van der Waals surface area (Å²) in [5, 5.41) is 9.95. The Balaban J connectivity index is 1.98. The third-order valence-corrected chi connectivity index (χ3v) is 3.03. The van der Waals surface area contributed by atoms with Gasteiger partial charge in [0.25, 0.3) is 0 Å². The molecule has 4 rings (SSSR count). The maximum atomic E-state index is 4.67. The molecule has 2 heterocycles. The zero-order valence-corrected chi connectivity index (χ0v) is 9.93. The van der Waals surface area contributed by atoms with E-state index in [1.807, 2.05) is 48.5 Å². The molecule has 0 unspecified atom stereocenters. The molecule has 0 aromatic heterocycles. The van der Waals surface area contributed by atoms with Gasteiger partial charge in [-0.3, -0.25) is 0 Å². The van der Waals surface area contributed by atoms with Gasteiger partial charge in [0, 0.05) is 5.56 Å². The molecule has 0 bridgehead atoms. The number of aliphatic imine (C=N–C) groups is 2. The second-order valence-electron chi connectivity index (χ2n) is 4.22. The summed E-state index contributed by atoms with van der Waals surface area (Å²) in [5.41, 5.74) is 3.43. The van der Waals surface area contributed by atoms with E-state index < -0.39 is 0 Å². The topological polar surface area (TPSA) is 52.7 Å². The van der Waals surface area contributed by atoms with Crippen LogP contribution < -0.4 is 0 Å². The molecule has 19 heavy (non-hydrogen) atoms. The standard InChI is InChI=1S/C14H9N5/c1-2-6-11-10(5-1)14-16-12-7-3-4-8-13(12)17-18-19(14)9-15-11/h1-9H. The molecule has 0 fully saturated rings. The van der Waals surface area contributed by atoms with Crippen LogP contribution in [-0.2, 0) is 0 Å². The molecule has 0 atom stereocenters. The van der Waals surface area contributed by atoms with Crippen molar-refractivity contribution in [2.24, 2.45) is 20.3 Å². The van der Waals surface area contributed by atoms with Crippen molar-refractivity contribution in [2.75, 3.05) is 0 Å². The molecule has 0 aliphatic carbocycles. The third kappa shape index (κ3) is 1.55. The number of nitrogens with zero attached hydrogens (tertiary/aromatic N) is 5. The maximum Gasteiger partial charge on any atom is 0.166 e. The van der Waals surface area contributed by atoms with Crippen LogP contribution in [0.25, 0.3) is 0 Å². The molecular formula is C14H9N5. The van der Waals surface area contributed by atoms with E-state index in [1.165, 1.54) is 0 Å². The number of fused-ring (bicyclic) bond motifs is 4. The largest absolute Gasteiger partial charge is 0.236 e. The lowest BCUT2D eigenvalue weighted by atomic mass is 10.1. The van der Waals surface area contributed by atoms with E-state index in [4.69, 9.17) is 0 Å². The smallest absolute Gasteiger partial charge is 0.166 e. The van der Waals surface area contributed by atoms with E-state index >= 15 is 0 Å². The summed E-state index contributed by atoms with van der Waals surface area (Å²) in [7, 11) is 0. The molecular weight excluding hydrogens is 238 g/mol. The number of para-hydroxylation sites is 2. The second-order valence-corrected chi connectivity index (χ2v) is 4.22. The normalized spacial score (nSPS) is 15.2. The van der Waals surface area contributed by atoms with Gasteiger partial charge in [-0.2, -0.15) is 5.01 Å². The van der Waals surface area contributed by atoms with Crippen LogP contribution in [0.4, 0.5) is 17.1 Å². The average molecular weight is 247 g/mol. The van der Waals surface area contributed by atoms with Crippen LogP contribution in [-0.4, -0.2) is 17.2 Å². The number of hydrogen-bond acceptors (Lipinski definition) is 5. The lowest BCUT2D eigenvalue weighted by Gasteiger charge is -2.19. The van der Waals surface area contributed by atoms with Gasteiger partial charge < -0.3 is 0 Å². The minimum atomic E-state index is 0.749. The first-order valence-electron chi connectivity index (χ1n) is 5.94. The van der Waals surface area contributed by atoms with Gasteiger partial charge in [-0.15, -0.1) is 5.11 Å². The van der Waals surface area contributed by atoms with E-state index in [0.29, 0.717) is 0 Å². The van der Waals surface area contributed by atoms with Crippen LogP contribution in [0.3, 0.4) is 0 Å². The summed E-state index contributed by atoms with van der Waals surface area (Å²) in [4.78, 5) is 9.01. The van der Waals surface area contributed by atoms with Gasteiger partial charge >= 0.3 is 0 Å². The van der Waals surface area contributed by atoms with Gasteiger partial charge in [0.2, 0.25) is 0 Å². The van der Waals surface area contributed by atoms with Crippen LogP contribution in [0.2, 0.25) is 0 Å². The highest BCUT2D eigenvalue weighted by molar-refractivity contribution is 6.11. The van der Waals surface area contributed by atoms with Gasteiger partial charge in [-0.25, -0.2) is 9.98 Å². The van der Waals surface area contributed by atoms with E-state index in [1.54, 1.807) is 11.3 Å². The number of hydrogen-bond donors (Lipinski definition) is 0. The molecule has 90 valence electrons. The molecule has 5 nitrogen and oxygen atoms in total. The Morgan fingerprint density at radius 1 is 0.789 bits per heavy atom. The third-order valence-electron chi connectivity index (χ3n) is 3.03. The summed E-state index contributed by atoms with van der Waals surface area (Å²) in [6, 6.07) is 15.6. The van der Waals surface area contributed by atoms with Crippen molar-refractivity contribution in [1.29, 1.82) is 0 Å². The van der Waals surface area contributed by atoms with Crippen LogP contribution in [0.5, 0.6) is 0 Å². The molecule has 2 aliphatic rings. The van der Waals surface area contributed by atoms with Crippen molar-refractivity contribution in [3.05, 3.63) is 54.1 Å². The first-order valence-corrected chi connectivity index (χ1v) is 5.94. The van der Waals surface area contributed by atoms with Gasteiger partial charge in [-0.1, -0.05) is 29.5 Å². The van der Waals surface area contributed by atoms with Crippen molar-refractivity contribution in [3.8, 4) is 0 Å². The molecule has 0 amide bonds. The Hall–Kier alpha value is -2.82. The van der Waals surface area contributed by atoms with Crippen LogP contribution in [0, 0.1) is 0 Å². The van der Waals surface area contributed by atoms with Crippen LogP contribution in [0.15, 0.2) is 68.9 Å². The lowest BCUT2D eigenvalue weighted by Crippen LogP contribution is -2.27. The maximum absolute atomic E-state index is 4.67. The fraction of sp³-hybridized carbons (Fsp3) is 0. The fourth-order valence-corrected chi connectivity index (χ4v) is 2.10. The number of rotatable bonds is 0. The monoisotopic (exact) mass is 247 g/mol. The predicted octanol–water partition coefficient (Wildman–Crippen LogP) is 3.75. The number of amidine groups is 1. The van der Waals surface area contributed by atoms with Crippen molar-refractivity contribution < 1.29 is 0 Å². The average Bonchev–Trinajstić information content (AvgIpc) is 2.66. The molecule has 0 saturated carbocycles. The van der Waals surface area contributed by atoms with Crippen molar-refractivity contribution in [1.82, 2.24) is 5.01 Å². The SMILES string of the molecule is C1=Nc2ccccc2C2=Nc3ccccc3N=NN12. The highest BCUT2D eigenvalue weighted by Gasteiger charge is 2.22. The van der Waals surface area contributed by atoms with Gasteiger partial charge in [0.05, 0.1) is 11.4 Å². The molecule has 5 heteroatoms. The zero-order valence-electron chi connectivity index (χ0n) is 9.93. The zero-order chi connectivity index (χ0) is 12.7. The van der Waals surface area contributed by atoms with E-state index in [9.17, 15) is 0 Å². The van der Waals surface area contributed by atoms with E-state index in [2.05, 4.69) is 20.3 Å². The first-order chi connectivity index (χ1) is 9.42. The minimum Gasteiger partial charge on any atom is -0.236 e. The molecule has 0 spiro atoms. The van der Waals surface area contributed by atoms with Crippen molar-refractivity contribution in [2.45, 2.75) is 0 Å². The van der Waals surface area contributed by atoms with Gasteiger partial charge in [-0.05, 0) is 24.3 Å². The predicted molar refractivity (Wildman–Crippen MR) is 73.6 cm³/mol. The summed E-state index contributed by atoms with van der Waals surface area (Å²) in [5.74, 6) is 0.749. The second kappa shape index (κ2) is 3.84. The highest BCUT2D eigenvalue weighted by atomic mass is 15.6. The molecule has 2 aliphatic heterocycles. The molecule has 2 aromatic rings. The van der Waals surface area contributed by atoms with Crippen molar-refractivity contribution in [3.63, 3.8) is 0 Å². The molecule has 0 radical (unpaired) electrons. The van der Waals surface area contributed by atoms with Gasteiger partial charge in [0.15, 0.2) is 5.84 Å². The van der Waals surface area contributed by atoms with E-state index in [0.717, 1.165) is 28.5 Å². The fourth-order valence-electron chi connectivity index (χ4n) is 2.10. The Labute approximate surface area is 109 Å². The van der Waals surface area contributed by atoms with Gasteiger partial charge in [0.1, 0.15) is 12.0 Å². The summed E-state index contributed by atoms with van der Waals surface area (Å²) >= 11 is 0. The Bertz CT molecular complexity index is 739. The van der Waals surface area contributed by atoms with E-state index in [-0.39, 0.29) is 0 Å². The lowest BCUT2D eigenvalue weighted by molar-refractivity contribution is 0.629. The highest BCUT2D eigenvalue weighted by Crippen LogP contribution is 2.34. The quantitative estimate of drug-likeness (QED) is 0.699. The Morgan fingerprint density at radius 3 is 2.42 bits per heavy atom.